The first kappa shape index (κ1) is 20.5. The number of amides is 1. The van der Waals surface area contributed by atoms with Crippen molar-refractivity contribution in [2.24, 2.45) is 5.73 Å². The number of carbonyl (C=O) groups excluding carboxylic acids is 1. The van der Waals surface area contributed by atoms with Crippen LogP contribution in [0.5, 0.6) is 0 Å². The van der Waals surface area contributed by atoms with Gasteiger partial charge in [0.05, 0.1) is 12.2 Å². The van der Waals surface area contributed by atoms with Gasteiger partial charge >= 0.3 is 0 Å². The molecular formula is C25H29N7O. The molecule has 3 aromatic rings. The molecule has 2 saturated carbocycles. The molecule has 1 amide bonds. The van der Waals surface area contributed by atoms with Gasteiger partial charge in [-0.3, -0.25) is 14.7 Å². The van der Waals surface area contributed by atoms with E-state index in [1.54, 1.807) is 11.2 Å². The Labute approximate surface area is 193 Å². The fourth-order valence-corrected chi connectivity index (χ4v) is 4.82. The van der Waals surface area contributed by atoms with E-state index in [4.69, 9.17) is 15.7 Å². The number of nitrogens with zero attached hydrogens (tertiary/aromatic N) is 6. The highest BCUT2D eigenvalue weighted by molar-refractivity contribution is 6.10. The van der Waals surface area contributed by atoms with Crippen molar-refractivity contribution in [2.75, 3.05) is 4.90 Å². The summed E-state index contributed by atoms with van der Waals surface area (Å²) in [7, 11) is 0. The Bertz CT molecular complexity index is 1240. The number of carbonyl (C=O) groups is 1. The van der Waals surface area contributed by atoms with Crippen LogP contribution in [0.4, 0.5) is 5.82 Å². The zero-order chi connectivity index (χ0) is 22.7. The maximum Gasteiger partial charge on any atom is 0.260 e. The summed E-state index contributed by atoms with van der Waals surface area (Å²) in [6, 6.07) is 7.99. The third-order valence-corrected chi connectivity index (χ3v) is 7.64. The Balaban J connectivity index is 1.37. The van der Waals surface area contributed by atoms with Crippen LogP contribution in [0, 0.1) is 0 Å². The van der Waals surface area contributed by atoms with Crippen LogP contribution in [0.3, 0.4) is 0 Å². The molecule has 0 radical (unpaired) electrons. The first-order valence-electron chi connectivity index (χ1n) is 12.0. The van der Waals surface area contributed by atoms with E-state index >= 15 is 0 Å². The maximum atomic E-state index is 13.6. The van der Waals surface area contributed by atoms with Gasteiger partial charge < -0.3 is 10.3 Å². The SMILES string of the molecule is CC[C@H](N)c1nc(C2(C)CC2)cc2c1CN(c1cccc(-c3nncn3C3CCC3)n1)C2=O. The maximum absolute atomic E-state index is 13.6. The average Bonchev–Trinajstić information content (AvgIpc) is 3.22. The average molecular weight is 444 g/mol. The van der Waals surface area contributed by atoms with Crippen LogP contribution in [0.2, 0.25) is 0 Å². The lowest BCUT2D eigenvalue weighted by Crippen LogP contribution is -2.24. The second-order valence-electron chi connectivity index (χ2n) is 9.91. The summed E-state index contributed by atoms with van der Waals surface area (Å²) in [5, 5.41) is 8.46. The molecule has 0 unspecified atom stereocenters. The van der Waals surface area contributed by atoms with Crippen LogP contribution in [-0.4, -0.2) is 30.6 Å². The van der Waals surface area contributed by atoms with Crippen molar-refractivity contribution in [3.05, 3.63) is 53.1 Å². The standard InChI is InChI=1S/C25H29N7O/c1-3-18(26)22-17-13-31(24(33)16(17)12-20(29-22)25(2)10-11-25)21-9-5-8-19(28-21)23-30-27-14-32(23)15-6-4-7-15/h5,8-9,12,14-15,18H,3-4,6-7,10-11,13,26H2,1-2H3/t18-/m0/s1. The minimum atomic E-state index is -0.186. The van der Waals surface area contributed by atoms with Gasteiger partial charge in [0.15, 0.2) is 5.82 Å². The molecule has 1 atom stereocenters. The van der Waals surface area contributed by atoms with Crippen LogP contribution in [0.15, 0.2) is 30.6 Å². The highest BCUT2D eigenvalue weighted by Crippen LogP contribution is 2.48. The Morgan fingerprint density at radius 2 is 2.06 bits per heavy atom. The molecule has 2 N–H and O–H groups in total. The normalized spacial score (nSPS) is 20.0. The summed E-state index contributed by atoms with van der Waals surface area (Å²) < 4.78 is 2.11. The number of anilines is 1. The largest absolute Gasteiger partial charge is 0.323 e. The van der Waals surface area contributed by atoms with E-state index in [0.29, 0.717) is 18.4 Å². The number of hydrogen-bond acceptors (Lipinski definition) is 6. The Kier molecular flexibility index (Phi) is 4.62. The van der Waals surface area contributed by atoms with Crippen molar-refractivity contribution in [2.45, 2.75) is 76.4 Å². The van der Waals surface area contributed by atoms with Crippen LogP contribution in [-0.2, 0) is 12.0 Å². The molecule has 3 aromatic heterocycles. The first-order chi connectivity index (χ1) is 16.0. The predicted octanol–water partition coefficient (Wildman–Crippen LogP) is 4.08. The van der Waals surface area contributed by atoms with Crippen LogP contribution < -0.4 is 10.6 Å². The van der Waals surface area contributed by atoms with Crippen molar-refractivity contribution >= 4 is 11.7 Å². The molecule has 170 valence electrons. The molecule has 4 heterocycles. The third kappa shape index (κ3) is 3.27. The summed E-state index contributed by atoms with van der Waals surface area (Å²) >= 11 is 0. The van der Waals surface area contributed by atoms with E-state index in [0.717, 1.165) is 66.1 Å². The van der Waals surface area contributed by atoms with Crippen LogP contribution in [0.25, 0.3) is 11.5 Å². The van der Waals surface area contributed by atoms with E-state index in [2.05, 4.69) is 28.6 Å². The molecule has 0 aromatic carbocycles. The Morgan fingerprint density at radius 3 is 2.76 bits per heavy atom. The van der Waals surface area contributed by atoms with E-state index in [9.17, 15) is 4.79 Å². The summed E-state index contributed by atoms with van der Waals surface area (Å²) in [5.74, 6) is 1.34. The molecule has 2 fully saturated rings. The highest BCUT2D eigenvalue weighted by atomic mass is 16.2. The predicted molar refractivity (Wildman–Crippen MR) is 125 cm³/mol. The van der Waals surface area contributed by atoms with E-state index < -0.39 is 0 Å². The number of nitrogens with two attached hydrogens (primary N) is 1. The molecule has 6 rings (SSSR count). The molecule has 0 saturated heterocycles. The fraction of sp³-hybridized carbons (Fsp3) is 0.480. The van der Waals surface area contributed by atoms with Crippen molar-refractivity contribution in [1.29, 1.82) is 0 Å². The van der Waals surface area contributed by atoms with E-state index in [1.807, 2.05) is 24.3 Å². The molecule has 33 heavy (non-hydrogen) atoms. The Hall–Kier alpha value is -3.13. The van der Waals surface area contributed by atoms with E-state index in [-0.39, 0.29) is 17.4 Å². The summed E-state index contributed by atoms with van der Waals surface area (Å²) in [6.45, 7) is 4.71. The molecule has 3 aliphatic rings. The lowest BCUT2D eigenvalue weighted by atomic mass is 9.93. The highest BCUT2D eigenvalue weighted by Gasteiger charge is 2.43. The summed E-state index contributed by atoms with van der Waals surface area (Å²) in [5.41, 5.74) is 10.8. The summed E-state index contributed by atoms with van der Waals surface area (Å²) in [6.07, 6.45) is 8.27. The van der Waals surface area contributed by atoms with Crippen molar-refractivity contribution in [3.63, 3.8) is 0 Å². The number of hydrogen-bond donors (Lipinski definition) is 1. The minimum absolute atomic E-state index is 0.0347. The van der Waals surface area contributed by atoms with E-state index in [1.165, 1.54) is 6.42 Å². The molecular weight excluding hydrogens is 414 g/mol. The molecule has 2 aliphatic carbocycles. The smallest absolute Gasteiger partial charge is 0.260 e. The zero-order valence-corrected chi connectivity index (χ0v) is 19.2. The first-order valence-corrected chi connectivity index (χ1v) is 12.0. The molecule has 0 spiro atoms. The molecule has 8 heteroatoms. The Morgan fingerprint density at radius 1 is 1.24 bits per heavy atom. The van der Waals surface area contributed by atoms with Crippen LogP contribution in [0.1, 0.15) is 91.8 Å². The second-order valence-corrected chi connectivity index (χ2v) is 9.91. The van der Waals surface area contributed by atoms with Crippen molar-refractivity contribution in [3.8, 4) is 11.5 Å². The molecule has 0 bridgehead atoms. The molecule has 1 aliphatic heterocycles. The van der Waals surface area contributed by atoms with Gasteiger partial charge in [0, 0.05) is 34.3 Å². The number of aromatic nitrogens is 5. The van der Waals surface area contributed by atoms with Crippen molar-refractivity contribution < 1.29 is 4.79 Å². The summed E-state index contributed by atoms with van der Waals surface area (Å²) in [4.78, 5) is 25.1. The lowest BCUT2D eigenvalue weighted by Gasteiger charge is -2.27. The third-order valence-electron chi connectivity index (χ3n) is 7.64. The second kappa shape index (κ2) is 7.45. The van der Waals surface area contributed by atoms with Crippen molar-refractivity contribution in [1.82, 2.24) is 24.7 Å². The quantitative estimate of drug-likeness (QED) is 0.616. The van der Waals surface area contributed by atoms with Gasteiger partial charge in [-0.1, -0.05) is 19.9 Å². The molecule has 8 nitrogen and oxygen atoms in total. The van der Waals surface area contributed by atoms with Gasteiger partial charge in [-0.05, 0) is 56.7 Å². The van der Waals surface area contributed by atoms with Gasteiger partial charge in [-0.15, -0.1) is 10.2 Å². The topological polar surface area (TPSA) is 103 Å². The number of rotatable bonds is 6. The lowest BCUT2D eigenvalue weighted by molar-refractivity contribution is 0.0996. The number of pyridine rings is 2. The van der Waals surface area contributed by atoms with Gasteiger partial charge in [-0.25, -0.2) is 4.98 Å². The zero-order valence-electron chi connectivity index (χ0n) is 19.2. The number of fused-ring (bicyclic) bond motifs is 1. The van der Waals surface area contributed by atoms with Gasteiger partial charge in [0.2, 0.25) is 0 Å². The van der Waals surface area contributed by atoms with Gasteiger partial charge in [0.1, 0.15) is 17.8 Å². The van der Waals surface area contributed by atoms with Gasteiger partial charge in [-0.2, -0.15) is 0 Å². The van der Waals surface area contributed by atoms with Crippen LogP contribution >= 0.6 is 0 Å². The minimum Gasteiger partial charge on any atom is -0.323 e. The van der Waals surface area contributed by atoms with Gasteiger partial charge in [0.25, 0.3) is 5.91 Å². The fourth-order valence-electron chi connectivity index (χ4n) is 4.82. The monoisotopic (exact) mass is 443 g/mol.